The van der Waals surface area contributed by atoms with Crippen molar-refractivity contribution in [3.05, 3.63) is 0 Å². The molecule has 1 amide bonds. The van der Waals surface area contributed by atoms with Crippen LogP contribution in [0, 0.1) is 5.92 Å². The van der Waals surface area contributed by atoms with E-state index in [1.807, 2.05) is 0 Å². The topological polar surface area (TPSA) is 47.6 Å². The Bertz CT molecular complexity index is 367. The minimum absolute atomic E-state index is 0.0489. The maximum Gasteiger partial charge on any atom is 0.237 e. The summed E-state index contributed by atoms with van der Waals surface area (Å²) in [4.78, 5) is 17.3. The second-order valence-electron chi connectivity index (χ2n) is 7.54. The molecule has 2 aliphatic heterocycles. The first-order chi connectivity index (χ1) is 10.6. The van der Waals surface area contributed by atoms with Gasteiger partial charge in [-0.1, -0.05) is 12.8 Å². The van der Waals surface area contributed by atoms with Gasteiger partial charge in [0.05, 0.1) is 6.04 Å². The van der Waals surface area contributed by atoms with E-state index in [1.165, 1.54) is 25.7 Å². The molecule has 3 aliphatic rings. The fourth-order valence-corrected chi connectivity index (χ4v) is 4.28. The molecule has 126 valence electrons. The first-order valence-corrected chi connectivity index (χ1v) is 9.10. The van der Waals surface area contributed by atoms with Gasteiger partial charge in [0.1, 0.15) is 0 Å². The van der Waals surface area contributed by atoms with Crippen LogP contribution in [0.3, 0.4) is 0 Å². The van der Waals surface area contributed by atoms with Crippen molar-refractivity contribution in [3.8, 4) is 0 Å². The predicted octanol–water partition coefficient (Wildman–Crippen LogP) is 0.659. The van der Waals surface area contributed by atoms with Crippen molar-refractivity contribution in [1.29, 1.82) is 0 Å². The van der Waals surface area contributed by atoms with Crippen molar-refractivity contribution >= 4 is 5.91 Å². The molecule has 0 bridgehead atoms. The Kier molecular flexibility index (Phi) is 5.37. The lowest BCUT2D eigenvalue weighted by Crippen LogP contribution is -2.52. The molecule has 3 rings (SSSR count). The van der Waals surface area contributed by atoms with Crippen molar-refractivity contribution < 1.29 is 4.79 Å². The van der Waals surface area contributed by atoms with Crippen LogP contribution in [-0.2, 0) is 4.79 Å². The Morgan fingerprint density at radius 3 is 2.68 bits per heavy atom. The number of fused-ring (bicyclic) bond motifs is 1. The first kappa shape index (κ1) is 16.2. The van der Waals surface area contributed by atoms with E-state index in [-0.39, 0.29) is 11.9 Å². The number of rotatable bonds is 4. The average molecular weight is 308 g/mol. The van der Waals surface area contributed by atoms with Crippen LogP contribution in [0.25, 0.3) is 0 Å². The molecule has 22 heavy (non-hydrogen) atoms. The van der Waals surface area contributed by atoms with Crippen molar-refractivity contribution in [2.75, 3.05) is 39.8 Å². The number of nitrogens with one attached hydrogen (secondary N) is 2. The van der Waals surface area contributed by atoms with Crippen LogP contribution >= 0.6 is 0 Å². The molecule has 0 aromatic rings. The van der Waals surface area contributed by atoms with Crippen molar-refractivity contribution in [2.45, 2.75) is 57.2 Å². The van der Waals surface area contributed by atoms with Crippen LogP contribution < -0.4 is 10.6 Å². The highest BCUT2D eigenvalue weighted by molar-refractivity contribution is 5.82. The molecule has 0 radical (unpaired) electrons. The van der Waals surface area contributed by atoms with E-state index >= 15 is 0 Å². The number of amides is 1. The maximum absolute atomic E-state index is 12.4. The lowest BCUT2D eigenvalue weighted by atomic mass is 9.85. The SMILES string of the molecule is CC(CNC(=O)C1CC2CCCCC2N1)N1CCN(C)CC1. The van der Waals surface area contributed by atoms with Crippen molar-refractivity contribution in [2.24, 2.45) is 5.92 Å². The molecule has 0 aromatic carbocycles. The summed E-state index contributed by atoms with van der Waals surface area (Å²) < 4.78 is 0. The van der Waals surface area contributed by atoms with Gasteiger partial charge in [-0.3, -0.25) is 9.69 Å². The first-order valence-electron chi connectivity index (χ1n) is 9.10. The molecule has 2 heterocycles. The fraction of sp³-hybridized carbons (Fsp3) is 0.941. The third-order valence-electron chi connectivity index (χ3n) is 5.91. The normalized spacial score (nSPS) is 35.1. The third kappa shape index (κ3) is 3.81. The smallest absolute Gasteiger partial charge is 0.237 e. The van der Waals surface area contributed by atoms with E-state index in [2.05, 4.69) is 34.4 Å². The molecule has 5 nitrogen and oxygen atoms in total. The Hall–Kier alpha value is -0.650. The summed E-state index contributed by atoms with van der Waals surface area (Å²) in [6.07, 6.45) is 6.27. The Morgan fingerprint density at radius 1 is 1.23 bits per heavy atom. The summed E-state index contributed by atoms with van der Waals surface area (Å²) in [7, 11) is 2.18. The van der Waals surface area contributed by atoms with Crippen molar-refractivity contribution in [1.82, 2.24) is 20.4 Å². The van der Waals surface area contributed by atoms with Gasteiger partial charge in [0, 0.05) is 44.8 Å². The van der Waals surface area contributed by atoms with E-state index in [0.29, 0.717) is 12.1 Å². The highest BCUT2D eigenvalue weighted by Crippen LogP contribution is 2.33. The molecule has 4 atom stereocenters. The molecule has 4 unspecified atom stereocenters. The minimum Gasteiger partial charge on any atom is -0.353 e. The van der Waals surface area contributed by atoms with Crippen LogP contribution in [0.4, 0.5) is 0 Å². The average Bonchev–Trinajstić information content (AvgIpc) is 2.97. The lowest BCUT2D eigenvalue weighted by molar-refractivity contribution is -0.123. The van der Waals surface area contributed by atoms with E-state index in [4.69, 9.17) is 0 Å². The largest absolute Gasteiger partial charge is 0.353 e. The number of hydrogen-bond donors (Lipinski definition) is 2. The highest BCUT2D eigenvalue weighted by Gasteiger charge is 2.38. The van der Waals surface area contributed by atoms with Crippen LogP contribution in [-0.4, -0.2) is 73.6 Å². The van der Waals surface area contributed by atoms with Crippen LogP contribution in [0.1, 0.15) is 39.0 Å². The zero-order valence-corrected chi connectivity index (χ0v) is 14.2. The molecule has 1 aliphatic carbocycles. The molecular weight excluding hydrogens is 276 g/mol. The van der Waals surface area contributed by atoms with Gasteiger partial charge in [-0.05, 0) is 39.2 Å². The van der Waals surface area contributed by atoms with Gasteiger partial charge in [-0.15, -0.1) is 0 Å². The third-order valence-corrected chi connectivity index (χ3v) is 5.91. The van der Waals surface area contributed by atoms with Crippen LogP contribution in [0.15, 0.2) is 0 Å². The van der Waals surface area contributed by atoms with Gasteiger partial charge in [0.2, 0.25) is 5.91 Å². The molecule has 2 saturated heterocycles. The number of hydrogen-bond acceptors (Lipinski definition) is 4. The second kappa shape index (κ2) is 7.28. The summed E-state index contributed by atoms with van der Waals surface area (Å²) in [5, 5.41) is 6.76. The van der Waals surface area contributed by atoms with Gasteiger partial charge in [-0.25, -0.2) is 0 Å². The van der Waals surface area contributed by atoms with Gasteiger partial charge in [0.15, 0.2) is 0 Å². The summed E-state index contributed by atoms with van der Waals surface area (Å²) in [5.74, 6) is 0.954. The van der Waals surface area contributed by atoms with Gasteiger partial charge in [-0.2, -0.15) is 0 Å². The number of carbonyl (C=O) groups is 1. The van der Waals surface area contributed by atoms with Crippen LogP contribution in [0.5, 0.6) is 0 Å². The highest BCUT2D eigenvalue weighted by atomic mass is 16.2. The van der Waals surface area contributed by atoms with E-state index in [0.717, 1.165) is 45.1 Å². The number of likely N-dealkylation sites (N-methyl/N-ethyl adjacent to an activating group) is 1. The molecule has 1 saturated carbocycles. The Morgan fingerprint density at radius 2 is 1.95 bits per heavy atom. The molecule has 0 spiro atoms. The summed E-state index contributed by atoms with van der Waals surface area (Å²) in [6, 6.07) is 1.08. The van der Waals surface area contributed by atoms with Gasteiger partial charge in [0.25, 0.3) is 0 Å². The maximum atomic E-state index is 12.4. The monoisotopic (exact) mass is 308 g/mol. The molecule has 3 fully saturated rings. The second-order valence-corrected chi connectivity index (χ2v) is 7.54. The Labute approximate surface area is 134 Å². The summed E-state index contributed by atoms with van der Waals surface area (Å²) in [6.45, 7) is 7.49. The lowest BCUT2D eigenvalue weighted by Gasteiger charge is -2.36. The molecule has 2 N–H and O–H groups in total. The number of carbonyl (C=O) groups excluding carboxylic acids is 1. The molecular formula is C17H32N4O. The number of piperazine rings is 1. The van der Waals surface area contributed by atoms with E-state index in [9.17, 15) is 4.79 Å². The number of nitrogens with zero attached hydrogens (tertiary/aromatic N) is 2. The zero-order chi connectivity index (χ0) is 15.5. The minimum atomic E-state index is 0.0489. The zero-order valence-electron chi connectivity index (χ0n) is 14.2. The van der Waals surface area contributed by atoms with E-state index < -0.39 is 0 Å². The summed E-state index contributed by atoms with van der Waals surface area (Å²) >= 11 is 0. The Balaban J connectivity index is 1.40. The van der Waals surface area contributed by atoms with Crippen LogP contribution in [0.2, 0.25) is 0 Å². The van der Waals surface area contributed by atoms with Gasteiger partial charge >= 0.3 is 0 Å². The predicted molar refractivity (Wildman–Crippen MR) is 88.8 cm³/mol. The quantitative estimate of drug-likeness (QED) is 0.801. The molecule has 5 heteroatoms. The standard InChI is InChI=1S/C17H32N4O/c1-13(21-9-7-20(2)8-10-21)12-18-17(22)16-11-14-5-3-4-6-15(14)19-16/h13-16,19H,3-12H2,1-2H3,(H,18,22). The van der Waals surface area contributed by atoms with Gasteiger partial charge < -0.3 is 15.5 Å². The molecule has 0 aromatic heterocycles. The fourth-order valence-electron chi connectivity index (χ4n) is 4.28. The van der Waals surface area contributed by atoms with E-state index in [1.54, 1.807) is 0 Å². The summed E-state index contributed by atoms with van der Waals surface area (Å²) in [5.41, 5.74) is 0. The van der Waals surface area contributed by atoms with Crippen molar-refractivity contribution in [3.63, 3.8) is 0 Å².